The second-order valence-corrected chi connectivity index (χ2v) is 4.55. The summed E-state index contributed by atoms with van der Waals surface area (Å²) in [5.41, 5.74) is 1.97. The van der Waals surface area contributed by atoms with Crippen LogP contribution in [-0.2, 0) is 0 Å². The van der Waals surface area contributed by atoms with E-state index in [1.807, 2.05) is 24.3 Å². The largest absolute Gasteiger partial charge is 0.386 e. The first-order valence-electron chi connectivity index (χ1n) is 5.58. The third kappa shape index (κ3) is 1.27. The van der Waals surface area contributed by atoms with Crippen LogP contribution in [0.3, 0.4) is 0 Å². The minimum atomic E-state index is -0.374. The molecule has 0 bridgehead atoms. The Bertz CT molecular complexity index is 372. The van der Waals surface area contributed by atoms with Crippen LogP contribution in [0.2, 0.25) is 0 Å². The second-order valence-electron chi connectivity index (χ2n) is 4.55. The Balaban J connectivity index is 1.98. The molecule has 3 N–H and O–H groups in total. The number of piperidine rings is 1. The van der Waals surface area contributed by atoms with Gasteiger partial charge in [0.1, 0.15) is 6.10 Å². The molecule has 0 saturated carbocycles. The first kappa shape index (κ1) is 9.19. The molecule has 1 aromatic rings. The van der Waals surface area contributed by atoms with Crippen molar-refractivity contribution >= 4 is 5.69 Å². The van der Waals surface area contributed by atoms with Gasteiger partial charge in [0.25, 0.3) is 0 Å². The van der Waals surface area contributed by atoms with Gasteiger partial charge in [-0.05, 0) is 25.5 Å². The minimum Gasteiger partial charge on any atom is -0.386 e. The molecule has 3 nitrogen and oxygen atoms in total. The van der Waals surface area contributed by atoms with Crippen molar-refractivity contribution in [3.63, 3.8) is 0 Å². The number of nitrogens with one attached hydrogen (secondary N) is 2. The van der Waals surface area contributed by atoms with Gasteiger partial charge < -0.3 is 15.7 Å². The number of para-hydroxylation sites is 1. The monoisotopic (exact) mass is 204 g/mol. The topological polar surface area (TPSA) is 44.3 Å². The summed E-state index contributed by atoms with van der Waals surface area (Å²) in [4.78, 5) is 0. The number of aliphatic hydroxyl groups excluding tert-OH is 1. The van der Waals surface area contributed by atoms with E-state index in [2.05, 4.69) is 10.6 Å². The Kier molecular flexibility index (Phi) is 1.97. The smallest absolute Gasteiger partial charge is 0.105 e. The van der Waals surface area contributed by atoms with Gasteiger partial charge in [0, 0.05) is 17.8 Å². The molecule has 2 aliphatic rings. The van der Waals surface area contributed by atoms with Gasteiger partial charge in [0.05, 0.1) is 5.54 Å². The molecular weight excluding hydrogens is 188 g/mol. The van der Waals surface area contributed by atoms with Gasteiger partial charge in [-0.15, -0.1) is 0 Å². The molecule has 15 heavy (non-hydrogen) atoms. The van der Waals surface area contributed by atoms with Gasteiger partial charge >= 0.3 is 0 Å². The number of benzene rings is 1. The SMILES string of the molecule is O[C@H]1c2ccccc2N[C@]12CCCNC2. The molecule has 0 amide bonds. The van der Waals surface area contributed by atoms with Crippen LogP contribution in [0.25, 0.3) is 0 Å². The maximum atomic E-state index is 10.4. The summed E-state index contributed by atoms with van der Waals surface area (Å²) in [5.74, 6) is 0. The fourth-order valence-electron chi connectivity index (χ4n) is 2.75. The van der Waals surface area contributed by atoms with Gasteiger partial charge in [-0.3, -0.25) is 0 Å². The average molecular weight is 204 g/mol. The van der Waals surface area contributed by atoms with E-state index in [0.29, 0.717) is 0 Å². The van der Waals surface area contributed by atoms with Crippen LogP contribution in [0.1, 0.15) is 24.5 Å². The highest BCUT2D eigenvalue weighted by atomic mass is 16.3. The van der Waals surface area contributed by atoms with Crippen molar-refractivity contribution in [2.75, 3.05) is 18.4 Å². The molecule has 80 valence electrons. The highest BCUT2D eigenvalue weighted by Gasteiger charge is 2.45. The van der Waals surface area contributed by atoms with Crippen LogP contribution < -0.4 is 10.6 Å². The van der Waals surface area contributed by atoms with Gasteiger partial charge in [-0.25, -0.2) is 0 Å². The van der Waals surface area contributed by atoms with Crippen molar-refractivity contribution < 1.29 is 5.11 Å². The van der Waals surface area contributed by atoms with E-state index in [1.165, 1.54) is 0 Å². The highest BCUT2D eigenvalue weighted by Crippen LogP contribution is 2.43. The Morgan fingerprint density at radius 1 is 1.33 bits per heavy atom. The zero-order chi connectivity index (χ0) is 10.3. The van der Waals surface area contributed by atoms with Crippen molar-refractivity contribution in [3.05, 3.63) is 29.8 Å². The Morgan fingerprint density at radius 2 is 2.20 bits per heavy atom. The van der Waals surface area contributed by atoms with Crippen LogP contribution >= 0.6 is 0 Å². The van der Waals surface area contributed by atoms with E-state index in [0.717, 1.165) is 37.2 Å². The quantitative estimate of drug-likeness (QED) is 0.596. The molecule has 1 spiro atoms. The summed E-state index contributed by atoms with van der Waals surface area (Å²) < 4.78 is 0. The maximum absolute atomic E-state index is 10.4. The van der Waals surface area contributed by atoms with Crippen molar-refractivity contribution in [1.29, 1.82) is 0 Å². The van der Waals surface area contributed by atoms with Crippen LogP contribution in [0.4, 0.5) is 5.69 Å². The lowest BCUT2D eigenvalue weighted by molar-refractivity contribution is 0.0906. The minimum absolute atomic E-state index is 0.165. The van der Waals surface area contributed by atoms with Crippen molar-refractivity contribution in [3.8, 4) is 0 Å². The molecule has 1 saturated heterocycles. The van der Waals surface area contributed by atoms with Crippen LogP contribution in [-0.4, -0.2) is 23.7 Å². The molecule has 0 unspecified atom stereocenters. The zero-order valence-corrected chi connectivity index (χ0v) is 8.66. The number of anilines is 1. The summed E-state index contributed by atoms with van der Waals surface area (Å²) in [5, 5.41) is 17.2. The molecule has 1 aromatic carbocycles. The third-order valence-corrected chi connectivity index (χ3v) is 3.58. The van der Waals surface area contributed by atoms with Crippen molar-refractivity contribution in [2.24, 2.45) is 0 Å². The molecule has 0 aliphatic carbocycles. The van der Waals surface area contributed by atoms with Crippen LogP contribution in [0.5, 0.6) is 0 Å². The molecule has 0 radical (unpaired) electrons. The predicted molar refractivity (Wildman–Crippen MR) is 59.9 cm³/mol. The molecule has 3 heteroatoms. The van der Waals surface area contributed by atoms with E-state index < -0.39 is 0 Å². The summed E-state index contributed by atoms with van der Waals surface area (Å²) >= 11 is 0. The van der Waals surface area contributed by atoms with Gasteiger partial charge in [0.15, 0.2) is 0 Å². The number of hydrogen-bond donors (Lipinski definition) is 3. The molecule has 0 aromatic heterocycles. The van der Waals surface area contributed by atoms with E-state index in [4.69, 9.17) is 0 Å². The Labute approximate surface area is 89.5 Å². The lowest BCUT2D eigenvalue weighted by Crippen LogP contribution is -2.52. The average Bonchev–Trinajstić information content (AvgIpc) is 2.54. The normalized spacial score (nSPS) is 33.8. The van der Waals surface area contributed by atoms with Crippen LogP contribution in [0.15, 0.2) is 24.3 Å². The summed E-state index contributed by atoms with van der Waals surface area (Å²) in [6, 6.07) is 8.05. The van der Waals surface area contributed by atoms with Gasteiger partial charge in [-0.1, -0.05) is 18.2 Å². The second kappa shape index (κ2) is 3.22. The first-order valence-corrected chi connectivity index (χ1v) is 5.58. The lowest BCUT2D eigenvalue weighted by atomic mass is 9.85. The molecule has 2 aliphatic heterocycles. The highest BCUT2D eigenvalue weighted by molar-refractivity contribution is 5.61. The molecule has 2 heterocycles. The molecule has 3 rings (SSSR count). The van der Waals surface area contributed by atoms with E-state index in [9.17, 15) is 5.11 Å². The van der Waals surface area contributed by atoms with Gasteiger partial charge in [-0.2, -0.15) is 0 Å². The first-order chi connectivity index (χ1) is 7.32. The summed E-state index contributed by atoms with van der Waals surface area (Å²) in [6.07, 6.45) is 1.79. The third-order valence-electron chi connectivity index (χ3n) is 3.58. The number of hydrogen-bond acceptors (Lipinski definition) is 3. The predicted octanol–water partition coefficient (Wildman–Crippen LogP) is 1.27. The van der Waals surface area contributed by atoms with Gasteiger partial charge in [0.2, 0.25) is 0 Å². The number of fused-ring (bicyclic) bond motifs is 1. The molecule has 2 atom stereocenters. The Hall–Kier alpha value is -1.06. The zero-order valence-electron chi connectivity index (χ0n) is 8.66. The molecular formula is C12H16N2O. The number of aliphatic hydroxyl groups is 1. The lowest BCUT2D eigenvalue weighted by Gasteiger charge is -2.37. The Morgan fingerprint density at radius 3 is 2.93 bits per heavy atom. The summed E-state index contributed by atoms with van der Waals surface area (Å²) in [6.45, 7) is 1.91. The van der Waals surface area contributed by atoms with E-state index in [1.54, 1.807) is 0 Å². The fraction of sp³-hybridized carbons (Fsp3) is 0.500. The maximum Gasteiger partial charge on any atom is 0.105 e. The standard InChI is InChI=1S/C12H16N2O/c15-11-9-4-1-2-5-10(9)14-12(11)6-3-7-13-8-12/h1-2,4-5,11,13-15H,3,6-8H2/t11-,12-/m0/s1. The van der Waals surface area contributed by atoms with E-state index in [-0.39, 0.29) is 11.6 Å². The fourth-order valence-corrected chi connectivity index (χ4v) is 2.75. The van der Waals surface area contributed by atoms with Crippen molar-refractivity contribution in [1.82, 2.24) is 5.32 Å². The number of rotatable bonds is 0. The molecule has 1 fully saturated rings. The summed E-state index contributed by atoms with van der Waals surface area (Å²) in [7, 11) is 0. The van der Waals surface area contributed by atoms with Crippen LogP contribution in [0, 0.1) is 0 Å². The van der Waals surface area contributed by atoms with E-state index >= 15 is 0 Å². The van der Waals surface area contributed by atoms with Crippen molar-refractivity contribution in [2.45, 2.75) is 24.5 Å².